The van der Waals surface area contributed by atoms with Gasteiger partial charge in [0.25, 0.3) is 5.91 Å². The van der Waals surface area contributed by atoms with E-state index in [1.165, 1.54) is 11.0 Å². The summed E-state index contributed by atoms with van der Waals surface area (Å²) in [6.07, 6.45) is 2.53. The van der Waals surface area contributed by atoms with Crippen LogP contribution >= 0.6 is 0 Å². The molecule has 0 spiro atoms. The summed E-state index contributed by atoms with van der Waals surface area (Å²) in [6.45, 7) is 6.51. The van der Waals surface area contributed by atoms with Crippen molar-refractivity contribution in [3.05, 3.63) is 59.9 Å². The Balaban J connectivity index is 1.19. The number of benzene rings is 2. The molecule has 4 rings (SSSR count). The molecule has 2 fully saturated rings. The summed E-state index contributed by atoms with van der Waals surface area (Å²) in [6, 6.07) is 13.8. The molecule has 2 aromatic rings. The van der Waals surface area contributed by atoms with Gasteiger partial charge in [-0.2, -0.15) is 0 Å². The van der Waals surface area contributed by atoms with Crippen molar-refractivity contribution >= 4 is 11.9 Å². The van der Waals surface area contributed by atoms with Crippen LogP contribution in [0.15, 0.2) is 48.5 Å². The van der Waals surface area contributed by atoms with Gasteiger partial charge in [0.2, 0.25) is 0 Å². The molecular formula is C28H36FN3O5. The van der Waals surface area contributed by atoms with Crippen molar-refractivity contribution in [3.8, 4) is 11.5 Å². The first-order valence-corrected chi connectivity index (χ1v) is 12.8. The van der Waals surface area contributed by atoms with Crippen molar-refractivity contribution in [3.63, 3.8) is 0 Å². The van der Waals surface area contributed by atoms with E-state index in [0.29, 0.717) is 32.4 Å². The summed E-state index contributed by atoms with van der Waals surface area (Å²) >= 11 is 0. The van der Waals surface area contributed by atoms with Gasteiger partial charge in [0.15, 0.2) is 11.6 Å². The van der Waals surface area contributed by atoms with Gasteiger partial charge in [-0.25, -0.2) is 9.18 Å². The van der Waals surface area contributed by atoms with E-state index in [1.807, 2.05) is 24.3 Å². The Labute approximate surface area is 217 Å². The van der Waals surface area contributed by atoms with Crippen molar-refractivity contribution in [2.24, 2.45) is 0 Å². The van der Waals surface area contributed by atoms with E-state index in [9.17, 15) is 19.1 Å². The molecule has 3 amide bonds. The Morgan fingerprint density at radius 1 is 1.03 bits per heavy atom. The number of nitrogens with one attached hydrogen (secondary N) is 1. The highest BCUT2D eigenvalue weighted by Crippen LogP contribution is 2.26. The van der Waals surface area contributed by atoms with Gasteiger partial charge in [-0.1, -0.05) is 24.3 Å². The van der Waals surface area contributed by atoms with Crippen LogP contribution in [0.1, 0.15) is 45.1 Å². The smallest absolute Gasteiger partial charge is 0.325 e. The zero-order chi connectivity index (χ0) is 26.5. The first-order valence-electron chi connectivity index (χ1n) is 12.8. The van der Waals surface area contributed by atoms with E-state index in [1.54, 1.807) is 32.0 Å². The molecular weight excluding hydrogens is 477 g/mol. The largest absolute Gasteiger partial charge is 0.494 e. The van der Waals surface area contributed by atoms with Crippen molar-refractivity contribution in [2.75, 3.05) is 32.8 Å². The van der Waals surface area contributed by atoms with Gasteiger partial charge in [-0.3, -0.25) is 14.6 Å². The summed E-state index contributed by atoms with van der Waals surface area (Å²) in [7, 11) is 0. The number of halogens is 1. The number of amides is 3. The molecule has 1 atom stereocenters. The predicted octanol–water partition coefficient (Wildman–Crippen LogP) is 3.72. The molecule has 2 aliphatic heterocycles. The number of aliphatic hydroxyl groups is 1. The fourth-order valence-corrected chi connectivity index (χ4v) is 4.69. The van der Waals surface area contributed by atoms with Crippen molar-refractivity contribution in [1.82, 2.24) is 15.1 Å². The average Bonchev–Trinajstić information content (AvgIpc) is 2.97. The Kier molecular flexibility index (Phi) is 8.34. The van der Waals surface area contributed by atoms with Crippen LogP contribution in [-0.4, -0.2) is 70.8 Å². The fraction of sp³-hybridized carbons (Fsp3) is 0.500. The van der Waals surface area contributed by atoms with Gasteiger partial charge < -0.3 is 19.9 Å². The van der Waals surface area contributed by atoms with Crippen LogP contribution in [0.5, 0.6) is 11.5 Å². The zero-order valence-corrected chi connectivity index (χ0v) is 21.5. The van der Waals surface area contributed by atoms with Gasteiger partial charge in [-0.15, -0.1) is 0 Å². The van der Waals surface area contributed by atoms with Gasteiger partial charge in [0.1, 0.15) is 17.9 Å². The average molecular weight is 514 g/mol. The lowest BCUT2D eigenvalue weighted by Crippen LogP contribution is -2.40. The summed E-state index contributed by atoms with van der Waals surface area (Å²) in [5, 5.41) is 13.7. The molecule has 2 aliphatic rings. The van der Waals surface area contributed by atoms with Crippen LogP contribution in [0.25, 0.3) is 0 Å². The predicted molar refractivity (Wildman–Crippen MR) is 137 cm³/mol. The van der Waals surface area contributed by atoms with Crippen LogP contribution in [-0.2, 0) is 11.3 Å². The normalized spacial score (nSPS) is 22.0. The highest BCUT2D eigenvalue weighted by molar-refractivity contribution is 6.06. The lowest BCUT2D eigenvalue weighted by molar-refractivity contribution is -0.130. The van der Waals surface area contributed by atoms with Crippen molar-refractivity contribution in [2.45, 2.75) is 57.2 Å². The molecule has 1 unspecified atom stereocenters. The third-order valence-electron chi connectivity index (χ3n) is 6.91. The summed E-state index contributed by atoms with van der Waals surface area (Å²) in [5.74, 6) is 0.258. The molecule has 8 nitrogen and oxygen atoms in total. The van der Waals surface area contributed by atoms with Crippen molar-refractivity contribution < 1.29 is 28.6 Å². The molecule has 0 aromatic heterocycles. The number of carbonyl (C=O) groups excluding carboxylic acids is 2. The van der Waals surface area contributed by atoms with Crippen LogP contribution in [0.2, 0.25) is 0 Å². The van der Waals surface area contributed by atoms with E-state index in [2.05, 4.69) is 10.2 Å². The molecule has 0 bridgehead atoms. The molecule has 2 aromatic carbocycles. The maximum Gasteiger partial charge on any atom is 0.325 e. The topological polar surface area (TPSA) is 91.3 Å². The second-order valence-corrected chi connectivity index (χ2v) is 10.4. The number of ether oxygens (including phenoxy) is 2. The second kappa shape index (κ2) is 11.5. The minimum Gasteiger partial charge on any atom is -0.494 e. The van der Waals surface area contributed by atoms with Gasteiger partial charge in [-0.05, 0) is 75.9 Å². The number of urea groups is 1. The van der Waals surface area contributed by atoms with E-state index < -0.39 is 17.0 Å². The van der Waals surface area contributed by atoms with Gasteiger partial charge in [0, 0.05) is 19.6 Å². The van der Waals surface area contributed by atoms with E-state index >= 15 is 0 Å². The van der Waals surface area contributed by atoms with Crippen LogP contribution in [0, 0.1) is 5.82 Å². The quantitative estimate of drug-likeness (QED) is 0.372. The molecule has 200 valence electrons. The number of imide groups is 1. The molecule has 9 heteroatoms. The molecule has 37 heavy (non-hydrogen) atoms. The minimum absolute atomic E-state index is 0.0716. The van der Waals surface area contributed by atoms with E-state index in [4.69, 9.17) is 9.47 Å². The highest BCUT2D eigenvalue weighted by Gasteiger charge is 2.43. The number of para-hydroxylation sites is 1. The SMILES string of the molecule is CC1(C)NC(=O)N(CCCOc2ccc(CN3CCCC(O)(COc4ccccc4F)CC3)cc2)C1=O. The summed E-state index contributed by atoms with van der Waals surface area (Å²) < 4.78 is 25.2. The molecule has 2 N–H and O–H groups in total. The summed E-state index contributed by atoms with van der Waals surface area (Å²) in [4.78, 5) is 27.7. The number of hydrogen-bond acceptors (Lipinski definition) is 6. The first kappa shape index (κ1) is 26.9. The number of hydrogen-bond donors (Lipinski definition) is 2. The standard InChI is InChI=1S/C28H36FN3O5/c1-27(2)25(33)32(26(34)30-27)16-6-18-36-22-11-9-21(10-12-22)19-31-15-5-13-28(35,14-17-31)20-37-24-8-4-3-7-23(24)29/h3-4,7-12,35H,5-6,13-20H2,1-2H3,(H,30,34). The number of rotatable bonds is 10. The zero-order valence-electron chi connectivity index (χ0n) is 21.5. The molecule has 0 aliphatic carbocycles. The third-order valence-corrected chi connectivity index (χ3v) is 6.91. The fourth-order valence-electron chi connectivity index (χ4n) is 4.69. The number of likely N-dealkylation sites (tertiary alicyclic amines) is 1. The van der Waals surface area contributed by atoms with Crippen LogP contribution in [0.4, 0.5) is 9.18 Å². The molecule has 0 saturated carbocycles. The van der Waals surface area contributed by atoms with E-state index in [0.717, 1.165) is 37.4 Å². The molecule has 2 saturated heterocycles. The monoisotopic (exact) mass is 513 g/mol. The van der Waals surface area contributed by atoms with Crippen molar-refractivity contribution in [1.29, 1.82) is 0 Å². The lowest BCUT2D eigenvalue weighted by Gasteiger charge is -2.27. The van der Waals surface area contributed by atoms with Gasteiger partial charge >= 0.3 is 6.03 Å². The molecule has 2 heterocycles. The highest BCUT2D eigenvalue weighted by atomic mass is 19.1. The minimum atomic E-state index is -0.981. The summed E-state index contributed by atoms with van der Waals surface area (Å²) in [5.41, 5.74) is -0.693. The Morgan fingerprint density at radius 2 is 1.78 bits per heavy atom. The Morgan fingerprint density at radius 3 is 2.49 bits per heavy atom. The van der Waals surface area contributed by atoms with E-state index in [-0.39, 0.29) is 24.3 Å². The maximum atomic E-state index is 13.8. The lowest BCUT2D eigenvalue weighted by atomic mass is 9.96. The maximum absolute atomic E-state index is 13.8. The second-order valence-electron chi connectivity index (χ2n) is 10.4. The Hall–Kier alpha value is -3.17. The van der Waals surface area contributed by atoms with Crippen LogP contribution < -0.4 is 14.8 Å². The first-order chi connectivity index (χ1) is 17.7. The third kappa shape index (κ3) is 6.99. The number of nitrogens with zero attached hydrogens (tertiary/aromatic N) is 2. The number of carbonyl (C=O) groups is 2. The molecule has 0 radical (unpaired) electrons. The Bertz CT molecular complexity index is 1090. The van der Waals surface area contributed by atoms with Crippen LogP contribution in [0.3, 0.4) is 0 Å². The van der Waals surface area contributed by atoms with Gasteiger partial charge in [0.05, 0.1) is 12.2 Å².